The molecule has 34 heavy (non-hydrogen) atoms. The molecule has 11 nitrogen and oxygen atoms in total. The summed E-state index contributed by atoms with van der Waals surface area (Å²) in [4.78, 5) is 31.9. The minimum atomic E-state index is -1.11. The topological polar surface area (TPSA) is 154 Å². The summed E-state index contributed by atoms with van der Waals surface area (Å²) in [6.45, 7) is 1.73. The number of anilines is 1. The zero-order chi connectivity index (χ0) is 23.9. The average Bonchev–Trinajstić information content (AvgIpc) is 3.26. The molecule has 172 valence electrons. The van der Waals surface area contributed by atoms with Crippen LogP contribution in [0.1, 0.15) is 48.9 Å². The number of nitrogens with one attached hydrogen (secondary N) is 1. The van der Waals surface area contributed by atoms with Crippen molar-refractivity contribution < 1.29 is 32.8 Å². The first-order chi connectivity index (χ1) is 16.4. The summed E-state index contributed by atoms with van der Waals surface area (Å²) in [5.41, 5.74) is -0.163. The third kappa shape index (κ3) is 3.95. The van der Waals surface area contributed by atoms with E-state index < -0.39 is 23.6 Å². The van der Waals surface area contributed by atoms with Crippen LogP contribution in [0, 0.1) is 11.8 Å². The lowest BCUT2D eigenvalue weighted by molar-refractivity contribution is -0.140. The number of benzene rings is 1. The lowest BCUT2D eigenvalue weighted by atomic mass is 10.1. The van der Waals surface area contributed by atoms with Crippen molar-refractivity contribution in [2.24, 2.45) is 0 Å². The van der Waals surface area contributed by atoms with Gasteiger partial charge in [-0.25, -0.2) is 4.79 Å². The number of carbonyl (C=O) groups is 2. The van der Waals surface area contributed by atoms with Crippen molar-refractivity contribution in [3.05, 3.63) is 58.6 Å². The first-order valence-corrected chi connectivity index (χ1v) is 10.4. The van der Waals surface area contributed by atoms with Gasteiger partial charge in [-0.1, -0.05) is 35.5 Å². The van der Waals surface area contributed by atoms with Crippen molar-refractivity contribution in [3.63, 3.8) is 0 Å². The Balaban J connectivity index is 1.30. The highest BCUT2D eigenvalue weighted by Gasteiger charge is 2.56. The van der Waals surface area contributed by atoms with Gasteiger partial charge >= 0.3 is 17.8 Å². The molecule has 1 aliphatic carbocycles. The molecule has 0 radical (unpaired) electrons. The number of rotatable bonds is 5. The van der Waals surface area contributed by atoms with E-state index in [-0.39, 0.29) is 39.8 Å². The van der Waals surface area contributed by atoms with Crippen LogP contribution >= 0.6 is 11.6 Å². The van der Waals surface area contributed by atoms with Gasteiger partial charge in [0.15, 0.2) is 5.69 Å². The van der Waals surface area contributed by atoms with Crippen LogP contribution in [0.4, 0.5) is 10.5 Å². The standard InChI is InChI=1S/C22H15ClN4O7/c1-11(12-5-3-2-4-6-12)31-21(30)25-15-13(27-34-16(15)23)7-8-14-24-17-18(32-14)33-19(26-17)22(9-10-22)20(28)29/h2-6,11H,9-10H2,1H3,(H,25,30)(H,28,29). The quantitative estimate of drug-likeness (QED) is 0.394. The highest BCUT2D eigenvalue weighted by atomic mass is 35.5. The maximum atomic E-state index is 12.3. The second-order valence-corrected chi connectivity index (χ2v) is 7.89. The van der Waals surface area contributed by atoms with Gasteiger partial charge in [-0.3, -0.25) is 10.1 Å². The van der Waals surface area contributed by atoms with Gasteiger partial charge in [-0.05, 0) is 42.9 Å². The molecule has 1 atom stereocenters. The van der Waals surface area contributed by atoms with Gasteiger partial charge in [-0.15, -0.1) is 0 Å². The molecule has 3 heterocycles. The summed E-state index contributed by atoms with van der Waals surface area (Å²) >= 11 is 5.98. The van der Waals surface area contributed by atoms with Gasteiger partial charge in [0.1, 0.15) is 17.2 Å². The van der Waals surface area contributed by atoms with Gasteiger partial charge in [0, 0.05) is 5.92 Å². The molecule has 2 N–H and O–H groups in total. The smallest absolute Gasteiger partial charge is 0.412 e. The van der Waals surface area contributed by atoms with Gasteiger partial charge in [-0.2, -0.15) is 9.97 Å². The summed E-state index contributed by atoms with van der Waals surface area (Å²) in [7, 11) is 0. The van der Waals surface area contributed by atoms with E-state index in [1.807, 2.05) is 30.3 Å². The molecule has 1 unspecified atom stereocenters. The minimum absolute atomic E-state index is 0.0144. The van der Waals surface area contributed by atoms with Gasteiger partial charge in [0.2, 0.25) is 11.5 Å². The Morgan fingerprint density at radius 3 is 2.65 bits per heavy atom. The number of aliphatic carboxylic acids is 1. The molecule has 12 heteroatoms. The molecule has 0 aliphatic heterocycles. The summed E-state index contributed by atoms with van der Waals surface area (Å²) in [6.07, 6.45) is -0.409. The lowest BCUT2D eigenvalue weighted by Crippen LogP contribution is -2.19. The third-order valence-electron chi connectivity index (χ3n) is 5.26. The largest absolute Gasteiger partial charge is 0.480 e. The van der Waals surface area contributed by atoms with Crippen LogP contribution in [0.3, 0.4) is 0 Å². The molecule has 0 saturated heterocycles. The Morgan fingerprint density at radius 2 is 1.97 bits per heavy atom. The Hall–Kier alpha value is -4.30. The molecule has 1 aliphatic rings. The number of carboxylic acids is 1. The predicted octanol–water partition coefficient (Wildman–Crippen LogP) is 4.28. The molecule has 1 aromatic carbocycles. The average molecular weight is 483 g/mol. The van der Waals surface area contributed by atoms with E-state index in [9.17, 15) is 14.7 Å². The molecule has 1 fully saturated rings. The molecular weight excluding hydrogens is 468 g/mol. The number of ether oxygens (including phenoxy) is 1. The maximum absolute atomic E-state index is 12.3. The van der Waals surface area contributed by atoms with E-state index in [2.05, 4.69) is 32.3 Å². The monoisotopic (exact) mass is 482 g/mol. The summed E-state index contributed by atoms with van der Waals surface area (Å²) in [5.74, 6) is 4.20. The number of fused-ring (bicyclic) bond motifs is 1. The van der Waals surface area contributed by atoms with Crippen molar-refractivity contribution in [2.45, 2.75) is 31.3 Å². The SMILES string of the molecule is CC(OC(=O)Nc1c(C#Cc2nc3nc(C4(C(=O)O)CC4)oc3o2)noc1Cl)c1ccccc1. The van der Waals surface area contributed by atoms with Crippen LogP contribution in [0.5, 0.6) is 0 Å². The number of amides is 1. The highest BCUT2D eigenvalue weighted by Crippen LogP contribution is 2.48. The normalized spacial score (nSPS) is 14.8. The number of aromatic nitrogens is 3. The van der Waals surface area contributed by atoms with E-state index in [4.69, 9.17) is 29.7 Å². The minimum Gasteiger partial charge on any atom is -0.480 e. The molecule has 0 bridgehead atoms. The summed E-state index contributed by atoms with van der Waals surface area (Å²) in [5, 5.41) is 15.3. The predicted molar refractivity (Wildman–Crippen MR) is 115 cm³/mol. The Bertz CT molecular complexity index is 1430. The number of oxazole rings is 2. The van der Waals surface area contributed by atoms with Gasteiger partial charge in [0.25, 0.3) is 11.1 Å². The van der Waals surface area contributed by atoms with E-state index >= 15 is 0 Å². The molecule has 3 aromatic heterocycles. The fourth-order valence-electron chi connectivity index (χ4n) is 3.20. The summed E-state index contributed by atoms with van der Waals surface area (Å²) in [6, 6.07) is 9.19. The molecular formula is C22H15ClN4O7. The first kappa shape index (κ1) is 21.5. The van der Waals surface area contributed by atoms with Crippen LogP contribution in [0.15, 0.2) is 43.7 Å². The van der Waals surface area contributed by atoms with Crippen LogP contribution in [-0.2, 0) is 14.9 Å². The number of nitrogens with zero attached hydrogens (tertiary/aromatic N) is 3. The number of hydrogen-bond acceptors (Lipinski definition) is 9. The summed E-state index contributed by atoms with van der Waals surface area (Å²) < 4.78 is 21.1. The maximum Gasteiger partial charge on any atom is 0.412 e. The third-order valence-corrected chi connectivity index (χ3v) is 5.52. The second-order valence-electron chi connectivity index (χ2n) is 7.55. The first-order valence-electron chi connectivity index (χ1n) is 10.1. The Labute approximate surface area is 196 Å². The van der Waals surface area contributed by atoms with Gasteiger partial charge in [0.05, 0.1) is 0 Å². The molecule has 4 aromatic rings. The van der Waals surface area contributed by atoms with Crippen LogP contribution in [-0.4, -0.2) is 32.3 Å². The highest BCUT2D eigenvalue weighted by molar-refractivity contribution is 6.32. The second kappa shape index (κ2) is 8.24. The fraction of sp³-hybridized carbons (Fsp3) is 0.227. The van der Waals surface area contributed by atoms with Gasteiger partial charge < -0.3 is 23.2 Å². The van der Waals surface area contributed by atoms with Crippen LogP contribution < -0.4 is 5.32 Å². The van der Waals surface area contributed by atoms with E-state index in [1.165, 1.54) is 0 Å². The number of carboxylic acid groups (broad SMARTS) is 1. The van der Waals surface area contributed by atoms with Crippen molar-refractivity contribution in [2.75, 3.05) is 5.32 Å². The van der Waals surface area contributed by atoms with E-state index in [0.717, 1.165) is 5.56 Å². The van der Waals surface area contributed by atoms with Crippen LogP contribution in [0.25, 0.3) is 11.4 Å². The zero-order valence-corrected chi connectivity index (χ0v) is 18.3. The zero-order valence-electron chi connectivity index (χ0n) is 17.5. The Kier molecular flexibility index (Phi) is 5.22. The van der Waals surface area contributed by atoms with E-state index in [0.29, 0.717) is 12.8 Å². The number of hydrogen-bond donors (Lipinski definition) is 2. The molecule has 1 amide bonds. The lowest BCUT2D eigenvalue weighted by Gasteiger charge is -2.13. The number of halogens is 1. The molecule has 0 spiro atoms. The fourth-order valence-corrected chi connectivity index (χ4v) is 3.38. The van der Waals surface area contributed by atoms with Crippen molar-refractivity contribution in [1.29, 1.82) is 0 Å². The Morgan fingerprint density at radius 1 is 1.21 bits per heavy atom. The molecule has 1 saturated carbocycles. The van der Waals surface area contributed by atoms with E-state index in [1.54, 1.807) is 6.92 Å². The van der Waals surface area contributed by atoms with Crippen LogP contribution in [0.2, 0.25) is 5.22 Å². The molecule has 5 rings (SSSR count). The van der Waals surface area contributed by atoms with Crippen molar-refractivity contribution in [3.8, 4) is 11.8 Å². The van der Waals surface area contributed by atoms with Crippen molar-refractivity contribution in [1.82, 2.24) is 15.1 Å². The van der Waals surface area contributed by atoms with Crippen molar-refractivity contribution >= 4 is 40.8 Å². The number of carbonyl (C=O) groups excluding carboxylic acids is 1.